The highest BCUT2D eigenvalue weighted by molar-refractivity contribution is 5.84. The second-order valence-electron chi connectivity index (χ2n) is 6.23. The van der Waals surface area contributed by atoms with E-state index in [2.05, 4.69) is 35.4 Å². The molecule has 2 aromatic carbocycles. The van der Waals surface area contributed by atoms with Crippen molar-refractivity contribution in [2.75, 3.05) is 6.54 Å². The Bertz CT molecular complexity index is 839. The van der Waals surface area contributed by atoms with Gasteiger partial charge in [0.15, 0.2) is 6.10 Å². The zero-order valence-corrected chi connectivity index (χ0v) is 14.7. The molecule has 0 unspecified atom stereocenters. The maximum absolute atomic E-state index is 12.4. The topological polar surface area (TPSA) is 54.1 Å². The van der Waals surface area contributed by atoms with E-state index < -0.39 is 6.10 Å². The van der Waals surface area contributed by atoms with Gasteiger partial charge in [0.05, 0.1) is 0 Å². The third kappa shape index (κ3) is 4.21. The van der Waals surface area contributed by atoms with Gasteiger partial charge in [-0.05, 0) is 49.6 Å². The third-order valence-corrected chi connectivity index (χ3v) is 4.30. The summed E-state index contributed by atoms with van der Waals surface area (Å²) in [7, 11) is 0. The SMILES string of the molecule is CC[C@H](Oc1ccccc1)C(=O)NCCc1c[nH]c2ccc(C)cc12. The minimum atomic E-state index is -0.465. The van der Waals surface area contributed by atoms with E-state index in [0.29, 0.717) is 13.0 Å². The number of aromatic amines is 1. The first-order valence-electron chi connectivity index (χ1n) is 8.73. The van der Waals surface area contributed by atoms with Crippen LogP contribution < -0.4 is 10.1 Å². The van der Waals surface area contributed by atoms with Crippen LogP contribution in [-0.2, 0) is 11.2 Å². The minimum absolute atomic E-state index is 0.0672. The smallest absolute Gasteiger partial charge is 0.261 e. The molecule has 0 radical (unpaired) electrons. The van der Waals surface area contributed by atoms with Crippen molar-refractivity contribution < 1.29 is 9.53 Å². The summed E-state index contributed by atoms with van der Waals surface area (Å²) in [6, 6.07) is 15.8. The maximum Gasteiger partial charge on any atom is 0.261 e. The summed E-state index contributed by atoms with van der Waals surface area (Å²) in [6.07, 6.45) is 2.98. The number of amides is 1. The number of H-pyrrole nitrogens is 1. The molecule has 0 aliphatic heterocycles. The highest BCUT2D eigenvalue weighted by Gasteiger charge is 2.17. The molecule has 25 heavy (non-hydrogen) atoms. The molecule has 3 aromatic rings. The van der Waals surface area contributed by atoms with E-state index in [-0.39, 0.29) is 5.91 Å². The van der Waals surface area contributed by atoms with Crippen LogP contribution >= 0.6 is 0 Å². The van der Waals surface area contributed by atoms with Gasteiger partial charge in [-0.1, -0.05) is 36.8 Å². The van der Waals surface area contributed by atoms with E-state index in [9.17, 15) is 4.79 Å². The Morgan fingerprint density at radius 1 is 1.20 bits per heavy atom. The van der Waals surface area contributed by atoms with Crippen molar-refractivity contribution in [1.82, 2.24) is 10.3 Å². The van der Waals surface area contributed by atoms with Crippen molar-refractivity contribution >= 4 is 16.8 Å². The lowest BCUT2D eigenvalue weighted by Gasteiger charge is -2.17. The molecule has 0 aliphatic rings. The molecular weight excluding hydrogens is 312 g/mol. The molecule has 0 saturated carbocycles. The number of nitrogens with one attached hydrogen (secondary N) is 2. The van der Waals surface area contributed by atoms with Gasteiger partial charge >= 0.3 is 0 Å². The molecular formula is C21H24N2O2. The first-order chi connectivity index (χ1) is 12.2. The first-order valence-corrected chi connectivity index (χ1v) is 8.73. The van der Waals surface area contributed by atoms with Crippen molar-refractivity contribution in [3.05, 3.63) is 65.9 Å². The van der Waals surface area contributed by atoms with E-state index in [1.807, 2.05) is 43.5 Å². The number of hydrogen-bond acceptors (Lipinski definition) is 2. The summed E-state index contributed by atoms with van der Waals surface area (Å²) in [4.78, 5) is 15.7. The standard InChI is InChI=1S/C21H24N2O2/c1-3-20(25-17-7-5-4-6-8-17)21(24)22-12-11-16-14-23-19-10-9-15(2)13-18(16)19/h4-10,13-14,20,23H,3,11-12H2,1-2H3,(H,22,24)/t20-/m0/s1. The van der Waals surface area contributed by atoms with Crippen LogP contribution in [0.25, 0.3) is 10.9 Å². The van der Waals surface area contributed by atoms with Gasteiger partial charge < -0.3 is 15.0 Å². The van der Waals surface area contributed by atoms with Gasteiger partial charge in [0.1, 0.15) is 5.75 Å². The number of carbonyl (C=O) groups excluding carboxylic acids is 1. The van der Waals surface area contributed by atoms with Crippen molar-refractivity contribution in [3.8, 4) is 5.75 Å². The zero-order chi connectivity index (χ0) is 17.6. The fraction of sp³-hybridized carbons (Fsp3) is 0.286. The van der Waals surface area contributed by atoms with Gasteiger partial charge in [0, 0.05) is 23.6 Å². The summed E-state index contributed by atoms with van der Waals surface area (Å²) < 4.78 is 5.78. The Labute approximate surface area is 148 Å². The van der Waals surface area contributed by atoms with Crippen molar-refractivity contribution in [2.45, 2.75) is 32.8 Å². The summed E-state index contributed by atoms with van der Waals surface area (Å²) in [6.45, 7) is 4.63. The van der Waals surface area contributed by atoms with Crippen molar-refractivity contribution in [2.24, 2.45) is 0 Å². The zero-order valence-electron chi connectivity index (χ0n) is 14.7. The Morgan fingerprint density at radius 3 is 2.76 bits per heavy atom. The Balaban J connectivity index is 1.56. The van der Waals surface area contributed by atoms with E-state index in [4.69, 9.17) is 4.74 Å². The predicted octanol–water partition coefficient (Wildman–Crippen LogP) is 3.99. The van der Waals surface area contributed by atoms with Crippen molar-refractivity contribution in [3.63, 3.8) is 0 Å². The summed E-state index contributed by atoms with van der Waals surface area (Å²) in [5.41, 5.74) is 3.58. The van der Waals surface area contributed by atoms with Gasteiger partial charge in [-0.2, -0.15) is 0 Å². The number of carbonyl (C=O) groups is 1. The van der Waals surface area contributed by atoms with Gasteiger partial charge in [-0.15, -0.1) is 0 Å². The van der Waals surface area contributed by atoms with E-state index in [1.165, 1.54) is 16.5 Å². The van der Waals surface area contributed by atoms with Crippen LogP contribution in [0.3, 0.4) is 0 Å². The largest absolute Gasteiger partial charge is 0.481 e. The molecule has 0 bridgehead atoms. The van der Waals surface area contributed by atoms with Gasteiger partial charge in [0.2, 0.25) is 0 Å². The van der Waals surface area contributed by atoms with Crippen LogP contribution in [0.2, 0.25) is 0 Å². The molecule has 130 valence electrons. The fourth-order valence-corrected chi connectivity index (χ4v) is 2.92. The number of aryl methyl sites for hydroxylation is 1. The van der Waals surface area contributed by atoms with Gasteiger partial charge in [0.25, 0.3) is 5.91 Å². The Hall–Kier alpha value is -2.75. The van der Waals surface area contributed by atoms with Crippen molar-refractivity contribution in [1.29, 1.82) is 0 Å². The lowest BCUT2D eigenvalue weighted by Crippen LogP contribution is -2.38. The van der Waals surface area contributed by atoms with Gasteiger partial charge in [-0.25, -0.2) is 0 Å². The van der Waals surface area contributed by atoms with Crippen LogP contribution in [0.1, 0.15) is 24.5 Å². The molecule has 1 amide bonds. The molecule has 0 fully saturated rings. The maximum atomic E-state index is 12.4. The molecule has 0 saturated heterocycles. The van der Waals surface area contributed by atoms with E-state index >= 15 is 0 Å². The van der Waals surface area contributed by atoms with E-state index in [1.54, 1.807) is 0 Å². The second kappa shape index (κ2) is 7.88. The number of hydrogen-bond donors (Lipinski definition) is 2. The number of benzene rings is 2. The number of para-hydroxylation sites is 1. The predicted molar refractivity (Wildman–Crippen MR) is 101 cm³/mol. The number of ether oxygens (including phenoxy) is 1. The second-order valence-corrected chi connectivity index (χ2v) is 6.23. The Morgan fingerprint density at radius 2 is 2.00 bits per heavy atom. The number of fused-ring (bicyclic) bond motifs is 1. The molecule has 1 aromatic heterocycles. The quantitative estimate of drug-likeness (QED) is 0.685. The highest BCUT2D eigenvalue weighted by atomic mass is 16.5. The fourth-order valence-electron chi connectivity index (χ4n) is 2.92. The molecule has 1 atom stereocenters. The van der Waals surface area contributed by atoms with Crippen LogP contribution in [-0.4, -0.2) is 23.5 Å². The third-order valence-electron chi connectivity index (χ3n) is 4.30. The minimum Gasteiger partial charge on any atom is -0.481 e. The van der Waals surface area contributed by atoms with Crippen LogP contribution in [0, 0.1) is 6.92 Å². The lowest BCUT2D eigenvalue weighted by atomic mass is 10.1. The lowest BCUT2D eigenvalue weighted by molar-refractivity contribution is -0.128. The van der Waals surface area contributed by atoms with Crippen LogP contribution in [0.15, 0.2) is 54.7 Å². The number of rotatable bonds is 7. The molecule has 4 heteroatoms. The molecule has 0 spiro atoms. The highest BCUT2D eigenvalue weighted by Crippen LogP contribution is 2.20. The van der Waals surface area contributed by atoms with Crippen LogP contribution in [0.4, 0.5) is 0 Å². The summed E-state index contributed by atoms with van der Waals surface area (Å²) in [5, 5.41) is 4.22. The van der Waals surface area contributed by atoms with Crippen LogP contribution in [0.5, 0.6) is 5.75 Å². The monoisotopic (exact) mass is 336 g/mol. The summed E-state index contributed by atoms with van der Waals surface area (Å²) in [5.74, 6) is 0.652. The first kappa shape index (κ1) is 17.1. The molecule has 2 N–H and O–H groups in total. The Kier molecular flexibility index (Phi) is 5.39. The molecule has 1 heterocycles. The normalized spacial score (nSPS) is 12.1. The average molecular weight is 336 g/mol. The van der Waals surface area contributed by atoms with E-state index in [0.717, 1.165) is 17.7 Å². The summed E-state index contributed by atoms with van der Waals surface area (Å²) >= 11 is 0. The number of aromatic nitrogens is 1. The molecule has 0 aliphatic carbocycles. The molecule has 4 nitrogen and oxygen atoms in total. The van der Waals surface area contributed by atoms with Gasteiger partial charge in [-0.3, -0.25) is 4.79 Å². The molecule has 3 rings (SSSR count). The average Bonchev–Trinajstić information content (AvgIpc) is 3.02.